The van der Waals surface area contributed by atoms with E-state index in [1.54, 1.807) is 43.5 Å². The Labute approximate surface area is 154 Å². The van der Waals surface area contributed by atoms with Crippen LogP contribution in [0.15, 0.2) is 48.5 Å². The molecule has 0 aromatic heterocycles. The molecule has 2 aromatic carbocycles. The molecule has 5 nitrogen and oxygen atoms in total. The van der Waals surface area contributed by atoms with E-state index >= 15 is 0 Å². The lowest BCUT2D eigenvalue weighted by atomic mass is 10.3. The van der Waals surface area contributed by atoms with Crippen LogP contribution in [0.5, 0.6) is 17.2 Å². The average molecular weight is 383 g/mol. The van der Waals surface area contributed by atoms with E-state index in [0.29, 0.717) is 18.1 Å². The molecule has 8 heteroatoms. The largest absolute Gasteiger partial charge is 0.497 e. The maximum absolute atomic E-state index is 12.3. The topological polar surface area (TPSA) is 56.8 Å². The van der Waals surface area contributed by atoms with Crippen molar-refractivity contribution in [3.63, 3.8) is 0 Å². The van der Waals surface area contributed by atoms with Crippen LogP contribution in [-0.2, 0) is 4.79 Å². The van der Waals surface area contributed by atoms with Gasteiger partial charge in [-0.3, -0.25) is 4.79 Å². The fourth-order valence-corrected chi connectivity index (χ4v) is 2.61. The minimum atomic E-state index is -2.95. The lowest BCUT2D eigenvalue weighted by Crippen LogP contribution is -2.16. The van der Waals surface area contributed by atoms with Crippen LogP contribution in [0.2, 0.25) is 0 Å². The monoisotopic (exact) mass is 383 g/mol. The fourth-order valence-electron chi connectivity index (χ4n) is 2.01. The summed E-state index contributed by atoms with van der Waals surface area (Å²) in [6.07, 6.45) is 0. The van der Waals surface area contributed by atoms with E-state index in [0.717, 1.165) is 5.75 Å². The van der Waals surface area contributed by atoms with Gasteiger partial charge in [0.1, 0.15) is 17.2 Å². The predicted octanol–water partition coefficient (Wildman–Crippen LogP) is 4.05. The molecule has 1 N–H and O–H groups in total. The summed E-state index contributed by atoms with van der Waals surface area (Å²) in [6.45, 7) is -2.51. The maximum atomic E-state index is 12.3. The number of amides is 1. The Morgan fingerprint density at radius 3 is 2.50 bits per heavy atom. The van der Waals surface area contributed by atoms with Crippen molar-refractivity contribution in [1.82, 2.24) is 0 Å². The van der Waals surface area contributed by atoms with Gasteiger partial charge in [-0.05, 0) is 36.4 Å². The summed E-state index contributed by atoms with van der Waals surface area (Å²) in [5.41, 5.74) is 0.216. The Bertz CT molecular complexity index is 698. The number of thioether (sulfide) groups is 1. The number of anilines is 1. The van der Waals surface area contributed by atoms with Crippen molar-refractivity contribution >= 4 is 23.4 Å². The van der Waals surface area contributed by atoms with Gasteiger partial charge in [-0.2, -0.15) is 8.78 Å². The highest BCUT2D eigenvalue weighted by Gasteiger charge is 2.11. The number of hydrogen-bond donors (Lipinski definition) is 1. The van der Waals surface area contributed by atoms with Gasteiger partial charge in [-0.25, -0.2) is 0 Å². The van der Waals surface area contributed by atoms with Crippen LogP contribution in [0, 0.1) is 0 Å². The van der Waals surface area contributed by atoms with E-state index in [-0.39, 0.29) is 23.1 Å². The first-order valence-electron chi connectivity index (χ1n) is 7.77. The molecule has 0 heterocycles. The summed E-state index contributed by atoms with van der Waals surface area (Å²) < 4.78 is 39.7. The number of nitrogens with one attached hydrogen (secondary N) is 1. The van der Waals surface area contributed by atoms with Crippen molar-refractivity contribution in [2.75, 3.05) is 30.5 Å². The molecule has 26 heavy (non-hydrogen) atoms. The van der Waals surface area contributed by atoms with Crippen LogP contribution in [-0.4, -0.2) is 37.7 Å². The van der Waals surface area contributed by atoms with E-state index in [1.165, 1.54) is 23.9 Å². The van der Waals surface area contributed by atoms with Crippen molar-refractivity contribution in [3.8, 4) is 17.2 Å². The highest BCUT2D eigenvalue weighted by atomic mass is 32.2. The van der Waals surface area contributed by atoms with Gasteiger partial charge in [-0.1, -0.05) is 12.1 Å². The van der Waals surface area contributed by atoms with E-state index in [2.05, 4.69) is 10.1 Å². The summed E-state index contributed by atoms with van der Waals surface area (Å²) in [4.78, 5) is 11.9. The number of carbonyl (C=O) groups excluding carboxylic acids is 1. The molecule has 0 spiro atoms. The first-order chi connectivity index (χ1) is 12.6. The first-order valence-corrected chi connectivity index (χ1v) is 8.92. The smallest absolute Gasteiger partial charge is 0.387 e. The number of hydrogen-bond acceptors (Lipinski definition) is 5. The van der Waals surface area contributed by atoms with Gasteiger partial charge < -0.3 is 19.5 Å². The molecule has 0 aliphatic carbocycles. The Balaban J connectivity index is 1.69. The van der Waals surface area contributed by atoms with Crippen molar-refractivity contribution in [2.45, 2.75) is 6.61 Å². The summed E-state index contributed by atoms with van der Waals surface area (Å²) >= 11 is 1.38. The summed E-state index contributed by atoms with van der Waals surface area (Å²) in [5, 5.41) is 2.56. The van der Waals surface area contributed by atoms with Gasteiger partial charge >= 0.3 is 6.61 Å². The molecular formula is C18H19F2NO4S. The van der Waals surface area contributed by atoms with Gasteiger partial charge in [0.05, 0.1) is 25.2 Å². The number of rotatable bonds is 10. The van der Waals surface area contributed by atoms with E-state index in [4.69, 9.17) is 9.47 Å². The third-order valence-electron chi connectivity index (χ3n) is 3.17. The van der Waals surface area contributed by atoms with Crippen molar-refractivity contribution in [3.05, 3.63) is 48.5 Å². The second-order valence-corrected chi connectivity index (χ2v) is 6.10. The van der Waals surface area contributed by atoms with Gasteiger partial charge in [0, 0.05) is 5.75 Å². The average Bonchev–Trinajstić information content (AvgIpc) is 2.63. The standard InChI is InChI=1S/C18H19F2NO4S/c1-23-13-6-8-14(9-7-13)24-10-11-26-12-17(22)21-15-4-2-3-5-16(15)25-18(19)20/h2-9,18H,10-12H2,1H3,(H,21,22). The van der Waals surface area contributed by atoms with E-state index in [9.17, 15) is 13.6 Å². The molecule has 0 fully saturated rings. The quantitative estimate of drug-likeness (QED) is 0.628. The molecule has 0 saturated heterocycles. The Kier molecular flexibility index (Phi) is 8.01. The minimum Gasteiger partial charge on any atom is -0.497 e. The normalized spacial score (nSPS) is 10.5. The highest BCUT2D eigenvalue weighted by Crippen LogP contribution is 2.25. The summed E-state index contributed by atoms with van der Waals surface area (Å²) in [7, 11) is 1.59. The third-order valence-corrected chi connectivity index (χ3v) is 4.09. The molecule has 0 radical (unpaired) electrons. The minimum absolute atomic E-state index is 0.0660. The molecule has 0 aliphatic heterocycles. The Hall–Kier alpha value is -2.48. The van der Waals surface area contributed by atoms with Crippen molar-refractivity contribution < 1.29 is 27.8 Å². The first kappa shape index (κ1) is 19.8. The van der Waals surface area contributed by atoms with Gasteiger partial charge in [0.2, 0.25) is 5.91 Å². The SMILES string of the molecule is COc1ccc(OCCSCC(=O)Nc2ccccc2OC(F)F)cc1. The maximum Gasteiger partial charge on any atom is 0.387 e. The van der Waals surface area contributed by atoms with Gasteiger partial charge in [-0.15, -0.1) is 11.8 Å². The molecule has 1 amide bonds. The molecular weight excluding hydrogens is 364 g/mol. The van der Waals surface area contributed by atoms with Crippen LogP contribution in [0.1, 0.15) is 0 Å². The molecule has 0 aliphatic rings. The number of benzene rings is 2. The van der Waals surface area contributed by atoms with E-state index < -0.39 is 6.61 Å². The van der Waals surface area contributed by atoms with Crippen LogP contribution in [0.25, 0.3) is 0 Å². The van der Waals surface area contributed by atoms with Gasteiger partial charge in [0.25, 0.3) is 0 Å². The molecule has 2 aromatic rings. The van der Waals surface area contributed by atoms with Crippen LogP contribution >= 0.6 is 11.8 Å². The lowest BCUT2D eigenvalue weighted by molar-refractivity contribution is -0.113. The molecule has 0 bridgehead atoms. The second-order valence-electron chi connectivity index (χ2n) is 5.00. The zero-order valence-electron chi connectivity index (χ0n) is 14.1. The zero-order chi connectivity index (χ0) is 18.8. The number of alkyl halides is 2. The molecule has 140 valence electrons. The third kappa shape index (κ3) is 6.79. The lowest BCUT2D eigenvalue weighted by Gasteiger charge is -2.11. The van der Waals surface area contributed by atoms with Crippen LogP contribution < -0.4 is 19.5 Å². The number of ether oxygens (including phenoxy) is 3. The van der Waals surface area contributed by atoms with Crippen molar-refractivity contribution in [1.29, 1.82) is 0 Å². The number of para-hydroxylation sites is 2. The van der Waals surface area contributed by atoms with Crippen molar-refractivity contribution in [2.24, 2.45) is 0 Å². The second kappa shape index (κ2) is 10.5. The molecule has 0 atom stereocenters. The summed E-state index contributed by atoms with van der Waals surface area (Å²) in [5.74, 6) is 1.88. The summed E-state index contributed by atoms with van der Waals surface area (Å²) in [6, 6.07) is 13.3. The predicted molar refractivity (Wildman–Crippen MR) is 97.5 cm³/mol. The number of halogens is 2. The number of methoxy groups -OCH3 is 1. The van der Waals surface area contributed by atoms with E-state index in [1.807, 2.05) is 0 Å². The Morgan fingerprint density at radius 2 is 1.81 bits per heavy atom. The number of carbonyl (C=O) groups is 1. The molecule has 2 rings (SSSR count). The zero-order valence-corrected chi connectivity index (χ0v) is 14.9. The Morgan fingerprint density at radius 1 is 1.12 bits per heavy atom. The van der Waals surface area contributed by atoms with Crippen LogP contribution in [0.3, 0.4) is 0 Å². The molecule has 0 saturated carbocycles. The highest BCUT2D eigenvalue weighted by molar-refractivity contribution is 7.99. The fraction of sp³-hybridized carbons (Fsp3) is 0.278. The van der Waals surface area contributed by atoms with Crippen LogP contribution in [0.4, 0.5) is 14.5 Å². The molecule has 0 unspecified atom stereocenters. The van der Waals surface area contributed by atoms with Gasteiger partial charge in [0.15, 0.2) is 0 Å².